The van der Waals surface area contributed by atoms with Gasteiger partial charge in [-0.15, -0.1) is 0 Å². The maximum absolute atomic E-state index is 13.2. The van der Waals surface area contributed by atoms with E-state index in [-0.39, 0.29) is 6.04 Å². The van der Waals surface area contributed by atoms with Crippen LogP contribution in [0.1, 0.15) is 19.3 Å². The predicted octanol–water partition coefficient (Wildman–Crippen LogP) is 2.54. The van der Waals surface area contributed by atoms with Crippen LogP contribution in [-0.2, 0) is 0 Å². The minimum Gasteiger partial charge on any atom is -0.349 e. The summed E-state index contributed by atoms with van der Waals surface area (Å²) in [7, 11) is 0. The lowest BCUT2D eigenvalue weighted by molar-refractivity contribution is 0.323. The van der Waals surface area contributed by atoms with Gasteiger partial charge in [0.05, 0.1) is 10.5 Å². The number of halogens is 2. The minimum atomic E-state index is -0.762. The topological polar surface area (TPSA) is 37.8 Å². The van der Waals surface area contributed by atoms with Gasteiger partial charge in [-0.3, -0.25) is 0 Å². The van der Waals surface area contributed by atoms with E-state index in [0.29, 0.717) is 12.4 Å². The Morgan fingerprint density at radius 3 is 2.64 bits per heavy atom. The zero-order chi connectivity index (χ0) is 9.97. The number of hydrogen-bond donors (Lipinski definition) is 1. The lowest BCUT2D eigenvalue weighted by Gasteiger charge is -2.14. The molecule has 0 spiro atoms. The molecule has 1 heterocycles. The van der Waals surface area contributed by atoms with Gasteiger partial charge in [0.1, 0.15) is 6.17 Å². The fraction of sp³-hybridized carbons (Fsp3) is 0.556. The first kappa shape index (κ1) is 9.83. The van der Waals surface area contributed by atoms with Gasteiger partial charge in [0.25, 0.3) is 0 Å². The number of aromatic nitrogens is 2. The second-order valence-electron chi connectivity index (χ2n) is 3.42. The fourth-order valence-corrected chi connectivity index (χ4v) is 1.83. The lowest BCUT2D eigenvalue weighted by atomic mass is 10.2. The lowest BCUT2D eigenvalue weighted by Crippen LogP contribution is -2.25. The van der Waals surface area contributed by atoms with Crippen molar-refractivity contribution < 1.29 is 4.39 Å². The van der Waals surface area contributed by atoms with Crippen molar-refractivity contribution in [3.8, 4) is 0 Å². The predicted molar refractivity (Wildman–Crippen MR) is 55.9 cm³/mol. The maximum atomic E-state index is 13.2. The van der Waals surface area contributed by atoms with Gasteiger partial charge >= 0.3 is 0 Å². The van der Waals surface area contributed by atoms with Crippen LogP contribution < -0.4 is 5.32 Å². The molecule has 1 aliphatic rings. The van der Waals surface area contributed by atoms with E-state index < -0.39 is 6.17 Å². The van der Waals surface area contributed by atoms with Crippen molar-refractivity contribution in [2.75, 3.05) is 5.32 Å². The molecule has 76 valence electrons. The summed E-state index contributed by atoms with van der Waals surface area (Å²) in [5.74, 6) is 0.503. The van der Waals surface area contributed by atoms with E-state index in [9.17, 15) is 4.39 Å². The van der Waals surface area contributed by atoms with Crippen LogP contribution in [0, 0.1) is 0 Å². The summed E-state index contributed by atoms with van der Waals surface area (Å²) in [4.78, 5) is 8.08. The summed E-state index contributed by atoms with van der Waals surface area (Å²) in [6.45, 7) is 0. The van der Waals surface area contributed by atoms with Crippen LogP contribution in [0.15, 0.2) is 16.9 Å². The average Bonchev–Trinajstić information content (AvgIpc) is 2.56. The van der Waals surface area contributed by atoms with E-state index in [2.05, 4.69) is 31.2 Å². The van der Waals surface area contributed by atoms with Gasteiger partial charge in [0.15, 0.2) is 0 Å². The van der Waals surface area contributed by atoms with Gasteiger partial charge in [-0.25, -0.2) is 14.4 Å². The summed E-state index contributed by atoms with van der Waals surface area (Å²) in [5, 5.41) is 3.00. The Morgan fingerprint density at radius 1 is 1.36 bits per heavy atom. The number of nitrogens with one attached hydrogen (secondary N) is 1. The van der Waals surface area contributed by atoms with Crippen LogP contribution in [0.5, 0.6) is 0 Å². The summed E-state index contributed by atoms with van der Waals surface area (Å²) in [5.41, 5.74) is 0. The fourth-order valence-electron chi connectivity index (χ4n) is 1.63. The molecule has 1 N–H and O–H groups in total. The number of nitrogens with zero attached hydrogens (tertiary/aromatic N) is 2. The minimum absolute atomic E-state index is 0.115. The first-order valence-electron chi connectivity index (χ1n) is 4.64. The van der Waals surface area contributed by atoms with Crippen LogP contribution in [0.4, 0.5) is 10.3 Å². The van der Waals surface area contributed by atoms with Crippen molar-refractivity contribution in [3.05, 3.63) is 16.9 Å². The van der Waals surface area contributed by atoms with Gasteiger partial charge in [-0.05, 0) is 35.2 Å². The molecule has 2 atom stereocenters. The van der Waals surface area contributed by atoms with Crippen LogP contribution in [0.25, 0.3) is 0 Å². The van der Waals surface area contributed by atoms with E-state index in [4.69, 9.17) is 0 Å². The molecule has 1 aromatic rings. The van der Waals surface area contributed by atoms with E-state index in [0.717, 1.165) is 17.3 Å². The van der Waals surface area contributed by atoms with Crippen molar-refractivity contribution in [3.63, 3.8) is 0 Å². The van der Waals surface area contributed by atoms with E-state index in [1.165, 1.54) is 0 Å². The average molecular weight is 260 g/mol. The summed E-state index contributed by atoms with van der Waals surface area (Å²) in [6.07, 6.45) is 4.99. The molecule has 0 aromatic carbocycles. The smallest absolute Gasteiger partial charge is 0.222 e. The second-order valence-corrected chi connectivity index (χ2v) is 4.34. The van der Waals surface area contributed by atoms with E-state index >= 15 is 0 Å². The maximum Gasteiger partial charge on any atom is 0.222 e. The van der Waals surface area contributed by atoms with E-state index in [1.54, 1.807) is 12.4 Å². The molecule has 0 bridgehead atoms. The Labute approximate surface area is 90.3 Å². The molecule has 2 unspecified atom stereocenters. The molecule has 0 amide bonds. The van der Waals surface area contributed by atoms with Crippen LogP contribution in [-0.4, -0.2) is 22.2 Å². The molecule has 0 aliphatic heterocycles. The standard InChI is InChI=1S/C9H11BrFN3/c10-6-4-12-9(13-5-6)14-8-3-1-2-7(8)11/h4-5,7-8H,1-3H2,(H,12,13,14). The third-order valence-corrected chi connectivity index (χ3v) is 2.78. The normalized spacial score (nSPS) is 26.4. The van der Waals surface area contributed by atoms with Crippen molar-refractivity contribution in [1.82, 2.24) is 9.97 Å². The highest BCUT2D eigenvalue weighted by molar-refractivity contribution is 9.10. The van der Waals surface area contributed by atoms with Crippen LogP contribution in [0.2, 0.25) is 0 Å². The SMILES string of the molecule is FC1CCCC1Nc1ncc(Br)cn1. The molecule has 1 saturated carbocycles. The zero-order valence-electron chi connectivity index (χ0n) is 7.58. The van der Waals surface area contributed by atoms with Gasteiger partial charge in [0.2, 0.25) is 5.95 Å². The Balaban J connectivity index is 2.00. The Hall–Kier alpha value is -0.710. The first-order chi connectivity index (χ1) is 6.75. The Bertz CT molecular complexity index is 303. The molecule has 0 saturated heterocycles. The number of anilines is 1. The zero-order valence-corrected chi connectivity index (χ0v) is 9.17. The number of alkyl halides is 1. The van der Waals surface area contributed by atoms with Crippen LogP contribution in [0.3, 0.4) is 0 Å². The van der Waals surface area contributed by atoms with Crippen molar-refractivity contribution >= 4 is 21.9 Å². The molecular weight excluding hydrogens is 249 g/mol. The highest BCUT2D eigenvalue weighted by atomic mass is 79.9. The molecular formula is C9H11BrFN3. The monoisotopic (exact) mass is 259 g/mol. The highest BCUT2D eigenvalue weighted by Crippen LogP contribution is 2.24. The molecule has 1 fully saturated rings. The van der Waals surface area contributed by atoms with Gasteiger partial charge < -0.3 is 5.32 Å². The number of rotatable bonds is 2. The van der Waals surface area contributed by atoms with Crippen molar-refractivity contribution in [1.29, 1.82) is 0 Å². The Kier molecular flexibility index (Phi) is 2.96. The molecule has 3 nitrogen and oxygen atoms in total. The molecule has 1 aromatic heterocycles. The number of hydrogen-bond acceptors (Lipinski definition) is 3. The quantitative estimate of drug-likeness (QED) is 0.887. The highest BCUT2D eigenvalue weighted by Gasteiger charge is 2.27. The molecule has 2 rings (SSSR count). The molecule has 5 heteroatoms. The first-order valence-corrected chi connectivity index (χ1v) is 5.43. The van der Waals surface area contributed by atoms with E-state index in [1.807, 2.05) is 0 Å². The third-order valence-electron chi connectivity index (χ3n) is 2.37. The molecule has 14 heavy (non-hydrogen) atoms. The molecule has 0 radical (unpaired) electrons. The van der Waals surface area contributed by atoms with Gasteiger partial charge in [0, 0.05) is 12.4 Å². The Morgan fingerprint density at radius 2 is 2.07 bits per heavy atom. The van der Waals surface area contributed by atoms with Crippen molar-refractivity contribution in [2.45, 2.75) is 31.5 Å². The second kappa shape index (κ2) is 4.21. The third kappa shape index (κ3) is 2.20. The summed E-state index contributed by atoms with van der Waals surface area (Å²) < 4.78 is 14.1. The summed E-state index contributed by atoms with van der Waals surface area (Å²) >= 11 is 3.24. The largest absolute Gasteiger partial charge is 0.349 e. The van der Waals surface area contributed by atoms with Crippen molar-refractivity contribution in [2.24, 2.45) is 0 Å². The molecule has 1 aliphatic carbocycles. The van der Waals surface area contributed by atoms with Gasteiger partial charge in [-0.2, -0.15) is 0 Å². The summed E-state index contributed by atoms with van der Waals surface area (Å²) in [6, 6.07) is -0.115. The van der Waals surface area contributed by atoms with Gasteiger partial charge in [-0.1, -0.05) is 0 Å². The van der Waals surface area contributed by atoms with Crippen LogP contribution >= 0.6 is 15.9 Å².